The number of amides is 1. The molecule has 1 aromatic rings. The number of carboxylic acid groups (broad SMARTS) is 1. The molecule has 2 atom stereocenters. The van der Waals surface area contributed by atoms with Gasteiger partial charge in [-0.25, -0.2) is 0 Å². The summed E-state index contributed by atoms with van der Waals surface area (Å²) in [5, 5.41) is 25.0. The number of hydrogen-bond donors (Lipinski definition) is 2. The number of carboxylic acids is 1. The molecule has 8 nitrogen and oxygen atoms in total. The Morgan fingerprint density at radius 3 is 2.43 bits per heavy atom. The van der Waals surface area contributed by atoms with Crippen LogP contribution in [0.15, 0.2) is 30.2 Å². The molecule has 2 bridgehead atoms. The Morgan fingerprint density at radius 2 is 1.91 bits per heavy atom. The van der Waals surface area contributed by atoms with Crippen LogP contribution in [0.1, 0.15) is 30.6 Å². The third-order valence-corrected chi connectivity index (χ3v) is 7.94. The van der Waals surface area contributed by atoms with Crippen LogP contribution in [0, 0.1) is 5.92 Å². The first-order valence-corrected chi connectivity index (χ1v) is 12.4. The van der Waals surface area contributed by atoms with Crippen LogP contribution in [0.4, 0.5) is 13.2 Å². The maximum atomic E-state index is 13.1. The van der Waals surface area contributed by atoms with Gasteiger partial charge in [0.1, 0.15) is 5.97 Å². The lowest BCUT2D eigenvalue weighted by molar-refractivity contribution is -0.944. The van der Waals surface area contributed by atoms with Crippen molar-refractivity contribution in [1.82, 2.24) is 5.32 Å². The van der Waals surface area contributed by atoms with E-state index < -0.39 is 17.7 Å². The van der Waals surface area contributed by atoms with Gasteiger partial charge < -0.3 is 34.3 Å². The lowest BCUT2D eigenvalue weighted by Crippen LogP contribution is -2.68. The fraction of sp³-hybridized carbons (Fsp3) is 0.652. The Kier molecular flexibility index (Phi) is 8.97. The van der Waals surface area contributed by atoms with E-state index in [2.05, 4.69) is 11.9 Å². The average Bonchev–Trinajstić information content (AvgIpc) is 3.53. The summed E-state index contributed by atoms with van der Waals surface area (Å²) in [6.07, 6.45) is -0.289. The SMILES string of the molecule is C=CCC(O)(C(=O)N[C@H]1C[N+]2(CCC3OCCO3)CCC1CC2)c1cccs1.O=C([O-])C(F)(F)F. The highest BCUT2D eigenvalue weighted by Crippen LogP contribution is 2.36. The minimum Gasteiger partial charge on any atom is -0.542 e. The second-order valence-electron chi connectivity index (χ2n) is 9.19. The maximum Gasteiger partial charge on any atom is 0.430 e. The molecule has 0 spiro atoms. The molecule has 1 aromatic heterocycles. The van der Waals surface area contributed by atoms with Crippen LogP contribution in [0.5, 0.6) is 0 Å². The number of hydrogen-bond acceptors (Lipinski definition) is 7. The summed E-state index contributed by atoms with van der Waals surface area (Å²) in [7, 11) is 0. The summed E-state index contributed by atoms with van der Waals surface area (Å²) in [4.78, 5) is 22.6. The van der Waals surface area contributed by atoms with Gasteiger partial charge in [-0.2, -0.15) is 13.2 Å². The number of nitrogens with one attached hydrogen (secondary N) is 1. The van der Waals surface area contributed by atoms with Gasteiger partial charge in [-0.15, -0.1) is 17.9 Å². The highest BCUT2D eigenvalue weighted by molar-refractivity contribution is 7.10. The van der Waals surface area contributed by atoms with E-state index in [1.807, 2.05) is 17.5 Å². The predicted molar refractivity (Wildman–Crippen MR) is 119 cm³/mol. The number of quaternary nitrogens is 1. The average molecular weight is 521 g/mol. The second kappa shape index (κ2) is 11.4. The van der Waals surface area contributed by atoms with Crippen LogP contribution >= 0.6 is 11.3 Å². The van der Waals surface area contributed by atoms with Crippen LogP contribution < -0.4 is 10.4 Å². The maximum absolute atomic E-state index is 13.1. The summed E-state index contributed by atoms with van der Waals surface area (Å²) in [5.74, 6) is -2.80. The molecular weight excluding hydrogens is 489 g/mol. The molecule has 35 heavy (non-hydrogen) atoms. The molecule has 4 fully saturated rings. The van der Waals surface area contributed by atoms with Crippen molar-refractivity contribution < 1.29 is 46.9 Å². The Bertz CT molecular complexity index is 867. The molecular formula is C23H31F3N2O6S. The number of aliphatic hydroxyl groups is 1. The van der Waals surface area contributed by atoms with Crippen molar-refractivity contribution in [2.24, 2.45) is 5.92 Å². The number of thiophene rings is 1. The number of alkyl halides is 3. The number of carbonyl (C=O) groups excluding carboxylic acids is 2. The molecule has 4 aliphatic heterocycles. The van der Waals surface area contributed by atoms with Crippen molar-refractivity contribution in [3.05, 3.63) is 35.0 Å². The van der Waals surface area contributed by atoms with Crippen LogP contribution in [-0.4, -0.2) is 79.4 Å². The minimum atomic E-state index is -5.19. The monoisotopic (exact) mass is 520 g/mol. The number of ether oxygens (including phenoxy) is 2. The van der Waals surface area contributed by atoms with Gasteiger partial charge in [0.05, 0.1) is 45.4 Å². The Labute approximate surface area is 205 Å². The van der Waals surface area contributed by atoms with Gasteiger partial charge in [0.2, 0.25) is 0 Å². The van der Waals surface area contributed by atoms with Crippen LogP contribution in [-0.2, 0) is 24.7 Å². The molecule has 5 heterocycles. The normalized spacial score (nSPS) is 28.0. The van der Waals surface area contributed by atoms with Gasteiger partial charge in [0.15, 0.2) is 11.9 Å². The molecule has 1 amide bonds. The van der Waals surface area contributed by atoms with Crippen LogP contribution in [0.2, 0.25) is 0 Å². The quantitative estimate of drug-likeness (QED) is 0.395. The zero-order chi connectivity index (χ0) is 25.7. The Morgan fingerprint density at radius 1 is 1.29 bits per heavy atom. The molecule has 12 heteroatoms. The van der Waals surface area contributed by atoms with Crippen molar-refractivity contribution in [2.45, 2.75) is 49.8 Å². The largest absolute Gasteiger partial charge is 0.542 e. The van der Waals surface area contributed by atoms with Gasteiger partial charge in [-0.05, 0) is 17.4 Å². The van der Waals surface area contributed by atoms with Crippen LogP contribution in [0.3, 0.4) is 0 Å². The molecule has 4 aliphatic rings. The minimum absolute atomic E-state index is 0.0725. The number of fused-ring (bicyclic) bond motifs is 3. The first-order chi connectivity index (χ1) is 16.5. The van der Waals surface area contributed by atoms with Gasteiger partial charge >= 0.3 is 6.18 Å². The smallest absolute Gasteiger partial charge is 0.430 e. The molecule has 0 saturated carbocycles. The summed E-state index contributed by atoms with van der Waals surface area (Å²) >= 11 is 1.41. The van der Waals surface area contributed by atoms with Crippen molar-refractivity contribution in [3.63, 3.8) is 0 Å². The molecule has 2 N–H and O–H groups in total. The molecule has 0 radical (unpaired) electrons. The molecule has 1 unspecified atom stereocenters. The van der Waals surface area contributed by atoms with Gasteiger partial charge in [0, 0.05) is 30.6 Å². The first kappa shape index (κ1) is 27.6. The Balaban J connectivity index is 0.000000429. The molecule has 4 saturated heterocycles. The van der Waals surface area contributed by atoms with Gasteiger partial charge in [0.25, 0.3) is 5.91 Å². The van der Waals surface area contributed by atoms with Gasteiger partial charge in [-0.1, -0.05) is 12.1 Å². The third kappa shape index (κ3) is 6.82. The second-order valence-corrected chi connectivity index (χ2v) is 10.1. The molecule has 196 valence electrons. The van der Waals surface area contributed by atoms with Gasteiger partial charge in [-0.3, -0.25) is 4.79 Å². The number of halogens is 3. The van der Waals surface area contributed by atoms with Crippen molar-refractivity contribution in [3.8, 4) is 0 Å². The standard InChI is InChI=1S/C21H30N2O4S.C2HF3O2/c1-2-8-21(25,18-4-3-14-28-18)20(24)22-17-15-23(9-5-16(17)6-10-23)11-7-19-26-12-13-27-19;3-2(4,5)1(6)7/h2-4,14,16-17,19,25H,1,5-13,15H2;(H,6,7)/t16?,17-,21?,23?;/m0./s1. The number of aliphatic carboxylic acids is 1. The predicted octanol–water partition coefficient (Wildman–Crippen LogP) is 1.30. The topological polar surface area (TPSA) is 108 Å². The summed E-state index contributed by atoms with van der Waals surface area (Å²) in [6, 6.07) is 3.79. The van der Waals surface area contributed by atoms with Crippen LogP contribution in [0.25, 0.3) is 0 Å². The lowest BCUT2D eigenvalue weighted by atomic mass is 9.81. The highest BCUT2D eigenvalue weighted by atomic mass is 32.1. The van der Waals surface area contributed by atoms with E-state index >= 15 is 0 Å². The fourth-order valence-corrected chi connectivity index (χ4v) is 5.87. The lowest BCUT2D eigenvalue weighted by Gasteiger charge is -2.53. The molecule has 5 rings (SSSR count). The first-order valence-electron chi connectivity index (χ1n) is 11.5. The fourth-order valence-electron chi connectivity index (χ4n) is 5.03. The van der Waals surface area contributed by atoms with E-state index in [9.17, 15) is 23.1 Å². The Hall–Kier alpha value is -1.99. The number of piperidine rings is 3. The van der Waals surface area contributed by atoms with Crippen molar-refractivity contribution >= 4 is 23.2 Å². The third-order valence-electron chi connectivity index (χ3n) is 6.92. The summed E-state index contributed by atoms with van der Waals surface area (Å²) in [5.41, 5.74) is -1.53. The zero-order valence-electron chi connectivity index (χ0n) is 19.3. The molecule has 0 aliphatic carbocycles. The van der Waals surface area contributed by atoms with E-state index in [-0.39, 0.29) is 24.7 Å². The number of rotatable bonds is 8. The van der Waals surface area contributed by atoms with E-state index in [0.717, 1.165) is 49.9 Å². The summed E-state index contributed by atoms with van der Waals surface area (Å²) in [6.45, 7) is 9.38. The van der Waals surface area contributed by atoms with Crippen molar-refractivity contribution in [2.75, 3.05) is 39.4 Å². The number of nitrogens with zero attached hydrogens (tertiary/aromatic N) is 1. The van der Waals surface area contributed by atoms with E-state index in [1.165, 1.54) is 11.3 Å². The summed E-state index contributed by atoms with van der Waals surface area (Å²) < 4.78 is 43.8. The van der Waals surface area contributed by atoms with E-state index in [1.54, 1.807) is 6.08 Å². The molecule has 0 aromatic carbocycles. The highest BCUT2D eigenvalue weighted by Gasteiger charge is 2.48. The van der Waals surface area contributed by atoms with E-state index in [0.29, 0.717) is 24.0 Å². The van der Waals surface area contributed by atoms with E-state index in [4.69, 9.17) is 19.4 Å². The zero-order valence-corrected chi connectivity index (χ0v) is 20.1. The van der Waals surface area contributed by atoms with Crippen molar-refractivity contribution in [1.29, 1.82) is 0 Å². The number of carbonyl (C=O) groups is 2.